The van der Waals surface area contributed by atoms with E-state index in [2.05, 4.69) is 15.0 Å². The number of aliphatic hydroxyl groups excluding tert-OH is 2. The van der Waals surface area contributed by atoms with E-state index in [1.807, 2.05) is 0 Å². The largest absolute Gasteiger partial charge is 0.465 e. The van der Waals surface area contributed by atoms with Gasteiger partial charge in [-0.25, -0.2) is 13.9 Å². The zero-order valence-corrected chi connectivity index (χ0v) is 11.6. The third kappa shape index (κ3) is 2.14. The average Bonchev–Trinajstić information content (AvgIpc) is 3.08. The van der Waals surface area contributed by atoms with Crippen LogP contribution in [0, 0.1) is 0 Å². The van der Waals surface area contributed by atoms with E-state index in [0.29, 0.717) is 5.52 Å². The van der Waals surface area contributed by atoms with E-state index in [-0.39, 0.29) is 11.1 Å². The van der Waals surface area contributed by atoms with E-state index in [1.165, 1.54) is 17.9 Å². The molecule has 1 aliphatic rings. The molecule has 0 radical (unpaired) electrons. The third-order valence-electron chi connectivity index (χ3n) is 3.62. The Morgan fingerprint density at radius 3 is 2.95 bits per heavy atom. The summed E-state index contributed by atoms with van der Waals surface area (Å²) in [5, 5.41) is 26.7. The van der Waals surface area contributed by atoms with Crippen LogP contribution in [0.25, 0.3) is 11.0 Å². The number of alkyl halides is 1. The van der Waals surface area contributed by atoms with Crippen molar-refractivity contribution in [3.05, 3.63) is 23.8 Å². The maximum atomic E-state index is 13.8. The smallest absolute Gasteiger partial charge is 0.340 e. The van der Waals surface area contributed by atoms with Gasteiger partial charge < -0.3 is 19.7 Å². The Hall–Kier alpha value is -2.10. The van der Waals surface area contributed by atoms with Crippen molar-refractivity contribution in [3.63, 3.8) is 0 Å². The minimum Gasteiger partial charge on any atom is -0.465 e. The zero-order chi connectivity index (χ0) is 15.9. The van der Waals surface area contributed by atoms with Crippen LogP contribution in [0.3, 0.4) is 0 Å². The summed E-state index contributed by atoms with van der Waals surface area (Å²) in [6, 6.07) is 4.72. The van der Waals surface area contributed by atoms with E-state index in [9.17, 15) is 14.3 Å². The first-order chi connectivity index (χ1) is 10.6. The highest BCUT2D eigenvalue weighted by Gasteiger charge is 2.45. The maximum absolute atomic E-state index is 13.8. The van der Waals surface area contributed by atoms with Gasteiger partial charge in [0.05, 0.1) is 24.8 Å². The molecule has 1 saturated heterocycles. The molecule has 4 atom stereocenters. The number of esters is 1. The SMILES string of the molecule is COC(=O)c1cccc2c1nnn2[C@@H]1O[C@H](CO)[C@@H](F)[C@H]1O. The van der Waals surface area contributed by atoms with Crippen LogP contribution in [0.1, 0.15) is 16.6 Å². The van der Waals surface area contributed by atoms with E-state index in [0.717, 1.165) is 0 Å². The molecule has 22 heavy (non-hydrogen) atoms. The second-order valence-electron chi connectivity index (χ2n) is 4.88. The molecule has 0 saturated carbocycles. The number of halogens is 1. The van der Waals surface area contributed by atoms with E-state index in [1.54, 1.807) is 12.1 Å². The van der Waals surface area contributed by atoms with Gasteiger partial charge in [-0.1, -0.05) is 11.3 Å². The second-order valence-corrected chi connectivity index (χ2v) is 4.88. The molecule has 1 aliphatic heterocycles. The van der Waals surface area contributed by atoms with Crippen LogP contribution >= 0.6 is 0 Å². The molecule has 118 valence electrons. The van der Waals surface area contributed by atoms with Gasteiger partial charge in [-0.15, -0.1) is 5.10 Å². The Bertz CT molecular complexity index is 706. The van der Waals surface area contributed by atoms with Crippen LogP contribution in [-0.2, 0) is 9.47 Å². The van der Waals surface area contributed by atoms with Gasteiger partial charge in [0.25, 0.3) is 0 Å². The maximum Gasteiger partial charge on any atom is 0.340 e. The Morgan fingerprint density at radius 2 is 2.32 bits per heavy atom. The van der Waals surface area contributed by atoms with Gasteiger partial charge in [-0.05, 0) is 12.1 Å². The first-order valence-electron chi connectivity index (χ1n) is 6.59. The minimum atomic E-state index is -1.74. The summed E-state index contributed by atoms with van der Waals surface area (Å²) >= 11 is 0. The molecule has 9 heteroatoms. The van der Waals surface area contributed by atoms with Crippen LogP contribution in [0.5, 0.6) is 0 Å². The Balaban J connectivity index is 2.04. The van der Waals surface area contributed by atoms with Crippen molar-refractivity contribution in [1.29, 1.82) is 0 Å². The van der Waals surface area contributed by atoms with Gasteiger partial charge in [-0.3, -0.25) is 0 Å². The monoisotopic (exact) mass is 311 g/mol. The van der Waals surface area contributed by atoms with Gasteiger partial charge >= 0.3 is 5.97 Å². The van der Waals surface area contributed by atoms with E-state index >= 15 is 0 Å². The zero-order valence-electron chi connectivity index (χ0n) is 11.6. The van der Waals surface area contributed by atoms with E-state index < -0.39 is 37.2 Å². The molecule has 1 fully saturated rings. The number of aliphatic hydroxyl groups is 2. The van der Waals surface area contributed by atoms with Crippen molar-refractivity contribution in [2.45, 2.75) is 24.6 Å². The number of methoxy groups -OCH3 is 1. The lowest BCUT2D eigenvalue weighted by molar-refractivity contribution is -0.0561. The van der Waals surface area contributed by atoms with Crippen LogP contribution < -0.4 is 0 Å². The molecule has 2 N–H and O–H groups in total. The Kier molecular flexibility index (Phi) is 3.77. The van der Waals surface area contributed by atoms with Gasteiger partial charge in [-0.2, -0.15) is 0 Å². The molecule has 0 spiro atoms. The molecule has 0 aliphatic carbocycles. The Labute approximate surface area is 124 Å². The molecule has 2 heterocycles. The molecule has 3 rings (SSSR count). The fourth-order valence-corrected chi connectivity index (χ4v) is 2.48. The molecule has 1 aromatic heterocycles. The average molecular weight is 311 g/mol. The number of hydrogen-bond acceptors (Lipinski definition) is 7. The van der Waals surface area contributed by atoms with Crippen molar-refractivity contribution in [2.24, 2.45) is 0 Å². The quantitative estimate of drug-likeness (QED) is 0.756. The first-order valence-corrected chi connectivity index (χ1v) is 6.59. The van der Waals surface area contributed by atoms with Crippen molar-refractivity contribution in [1.82, 2.24) is 15.0 Å². The van der Waals surface area contributed by atoms with Crippen LogP contribution in [0.15, 0.2) is 18.2 Å². The normalized spacial score (nSPS) is 28.2. The lowest BCUT2D eigenvalue weighted by atomic mass is 10.1. The predicted molar refractivity (Wildman–Crippen MR) is 70.8 cm³/mol. The molecule has 1 aromatic carbocycles. The molecule has 0 amide bonds. The lowest BCUT2D eigenvalue weighted by Crippen LogP contribution is -2.29. The summed E-state index contributed by atoms with van der Waals surface area (Å²) in [4.78, 5) is 11.7. The van der Waals surface area contributed by atoms with Crippen LogP contribution in [0.2, 0.25) is 0 Å². The van der Waals surface area contributed by atoms with Crippen LogP contribution in [0.4, 0.5) is 4.39 Å². The number of fused-ring (bicyclic) bond motifs is 1. The fourth-order valence-electron chi connectivity index (χ4n) is 2.48. The number of benzene rings is 1. The van der Waals surface area contributed by atoms with Crippen molar-refractivity contribution in [3.8, 4) is 0 Å². The molecular formula is C13H14FN3O5. The van der Waals surface area contributed by atoms with Gasteiger partial charge in [0.15, 0.2) is 12.4 Å². The summed E-state index contributed by atoms with van der Waals surface area (Å²) in [6.07, 6.45) is -5.50. The van der Waals surface area contributed by atoms with E-state index in [4.69, 9.17) is 9.84 Å². The molecule has 0 bridgehead atoms. The summed E-state index contributed by atoms with van der Waals surface area (Å²) in [7, 11) is 1.25. The number of aromatic nitrogens is 3. The second kappa shape index (κ2) is 5.59. The highest BCUT2D eigenvalue weighted by atomic mass is 19.1. The van der Waals surface area contributed by atoms with Crippen molar-refractivity contribution < 1.29 is 28.9 Å². The molecule has 8 nitrogen and oxygen atoms in total. The predicted octanol–water partition coefficient (Wildman–Crippen LogP) is -0.193. The van der Waals surface area contributed by atoms with Crippen LogP contribution in [-0.4, -0.2) is 63.3 Å². The van der Waals surface area contributed by atoms with Gasteiger partial charge in [0.1, 0.15) is 17.7 Å². The number of carbonyl (C=O) groups is 1. The summed E-state index contributed by atoms with van der Waals surface area (Å²) in [5.74, 6) is -0.581. The highest BCUT2D eigenvalue weighted by molar-refractivity contribution is 6.01. The van der Waals surface area contributed by atoms with Crippen molar-refractivity contribution >= 4 is 17.0 Å². The number of nitrogens with zero attached hydrogens (tertiary/aromatic N) is 3. The summed E-state index contributed by atoms with van der Waals surface area (Å²) in [6.45, 7) is -0.561. The minimum absolute atomic E-state index is 0.203. The van der Waals surface area contributed by atoms with Crippen molar-refractivity contribution in [2.75, 3.05) is 13.7 Å². The standard InChI is InChI=1S/C13H14FN3O5/c1-21-13(20)6-3-2-4-7-10(6)15-16-17(7)12-11(19)9(14)8(5-18)22-12/h2-4,8-9,11-12,18-19H,5H2,1H3/t8-,9-,11-,12-/m1/s1. The number of carbonyl (C=O) groups excluding carboxylic acids is 1. The first kappa shape index (κ1) is 14.8. The van der Waals surface area contributed by atoms with Gasteiger partial charge in [0.2, 0.25) is 0 Å². The number of rotatable bonds is 3. The Morgan fingerprint density at radius 1 is 1.55 bits per heavy atom. The van der Waals surface area contributed by atoms with Gasteiger partial charge in [0, 0.05) is 0 Å². The molecular weight excluding hydrogens is 297 g/mol. The molecule has 2 aromatic rings. The lowest BCUT2D eigenvalue weighted by Gasteiger charge is -2.14. The summed E-state index contributed by atoms with van der Waals surface area (Å²) in [5.41, 5.74) is 0.847. The number of hydrogen-bond donors (Lipinski definition) is 2. The topological polar surface area (TPSA) is 107 Å². The highest BCUT2D eigenvalue weighted by Crippen LogP contribution is 2.33. The summed E-state index contributed by atoms with van der Waals surface area (Å²) < 4.78 is 25.0. The number of ether oxygens (including phenoxy) is 2. The molecule has 0 unspecified atom stereocenters. The fraction of sp³-hybridized carbons (Fsp3) is 0.462. The third-order valence-corrected chi connectivity index (χ3v) is 3.62.